The summed E-state index contributed by atoms with van der Waals surface area (Å²) in [6.45, 7) is 4.79. The highest BCUT2D eigenvalue weighted by Crippen LogP contribution is 2.33. The predicted octanol–water partition coefficient (Wildman–Crippen LogP) is 3.04. The van der Waals surface area contributed by atoms with Crippen molar-refractivity contribution < 1.29 is 4.74 Å². The topological polar surface area (TPSA) is 35.2 Å². The van der Waals surface area contributed by atoms with E-state index in [0.29, 0.717) is 12.5 Å². The Kier molecular flexibility index (Phi) is 3.96. The van der Waals surface area contributed by atoms with Gasteiger partial charge in [0.1, 0.15) is 5.75 Å². The molecular formula is C11H16BrNO. The highest BCUT2D eigenvalue weighted by Gasteiger charge is 2.12. The highest BCUT2D eigenvalue weighted by atomic mass is 79.9. The molecule has 2 N–H and O–H groups in total. The van der Waals surface area contributed by atoms with Gasteiger partial charge in [0, 0.05) is 16.6 Å². The maximum absolute atomic E-state index is 5.66. The third kappa shape index (κ3) is 2.28. The van der Waals surface area contributed by atoms with Crippen LogP contribution in [0.5, 0.6) is 5.75 Å². The zero-order chi connectivity index (χ0) is 10.7. The van der Waals surface area contributed by atoms with Gasteiger partial charge in [-0.3, -0.25) is 0 Å². The molecule has 14 heavy (non-hydrogen) atoms. The second-order valence-corrected chi connectivity index (χ2v) is 4.46. The fourth-order valence-corrected chi connectivity index (χ4v) is 2.03. The molecule has 0 aliphatic heterocycles. The normalized spacial score (nSPS) is 10.7. The monoisotopic (exact) mass is 257 g/mol. The summed E-state index contributed by atoms with van der Waals surface area (Å²) in [5, 5.41) is 0. The molecular weight excluding hydrogens is 242 g/mol. The maximum Gasteiger partial charge on any atom is 0.126 e. The number of halogens is 1. The van der Waals surface area contributed by atoms with Crippen molar-refractivity contribution in [2.75, 3.05) is 7.11 Å². The van der Waals surface area contributed by atoms with Crippen molar-refractivity contribution in [3.8, 4) is 5.75 Å². The number of methoxy groups -OCH3 is 1. The lowest BCUT2D eigenvalue weighted by Gasteiger charge is -2.15. The quantitative estimate of drug-likeness (QED) is 0.904. The summed E-state index contributed by atoms with van der Waals surface area (Å²) in [4.78, 5) is 0. The van der Waals surface area contributed by atoms with E-state index in [2.05, 4.69) is 35.8 Å². The third-order valence-electron chi connectivity index (χ3n) is 2.21. The van der Waals surface area contributed by atoms with Crippen LogP contribution in [0.3, 0.4) is 0 Å². The molecule has 0 saturated heterocycles. The summed E-state index contributed by atoms with van der Waals surface area (Å²) in [7, 11) is 1.69. The average Bonchev–Trinajstić information content (AvgIpc) is 2.16. The smallest absolute Gasteiger partial charge is 0.126 e. The molecule has 1 rings (SSSR count). The van der Waals surface area contributed by atoms with Gasteiger partial charge in [-0.1, -0.05) is 29.8 Å². The highest BCUT2D eigenvalue weighted by molar-refractivity contribution is 9.10. The molecule has 3 heteroatoms. The van der Waals surface area contributed by atoms with E-state index in [1.807, 2.05) is 6.07 Å². The van der Waals surface area contributed by atoms with E-state index in [-0.39, 0.29) is 0 Å². The fraction of sp³-hybridized carbons (Fsp3) is 0.455. The first-order valence-corrected chi connectivity index (χ1v) is 5.45. The van der Waals surface area contributed by atoms with Gasteiger partial charge in [0.15, 0.2) is 0 Å². The van der Waals surface area contributed by atoms with Crippen LogP contribution in [-0.2, 0) is 6.54 Å². The van der Waals surface area contributed by atoms with Crippen LogP contribution in [0.4, 0.5) is 0 Å². The molecule has 78 valence electrons. The number of rotatable bonds is 3. The molecule has 0 bridgehead atoms. The van der Waals surface area contributed by atoms with Gasteiger partial charge in [-0.15, -0.1) is 0 Å². The van der Waals surface area contributed by atoms with Crippen molar-refractivity contribution in [3.05, 3.63) is 27.7 Å². The molecule has 0 spiro atoms. The minimum Gasteiger partial charge on any atom is -0.496 e. The molecule has 1 aromatic rings. The van der Waals surface area contributed by atoms with Gasteiger partial charge in [-0.25, -0.2) is 0 Å². The maximum atomic E-state index is 5.66. The molecule has 0 radical (unpaired) electrons. The van der Waals surface area contributed by atoms with Gasteiger partial charge in [0.05, 0.1) is 7.11 Å². The molecule has 0 amide bonds. The van der Waals surface area contributed by atoms with Crippen molar-refractivity contribution >= 4 is 15.9 Å². The summed E-state index contributed by atoms with van der Waals surface area (Å²) in [5.74, 6) is 1.36. The molecule has 2 nitrogen and oxygen atoms in total. The molecule has 0 aliphatic rings. The Bertz CT molecular complexity index is 323. The van der Waals surface area contributed by atoms with Gasteiger partial charge in [0.25, 0.3) is 0 Å². The Morgan fingerprint density at radius 3 is 2.50 bits per heavy atom. The second-order valence-electron chi connectivity index (χ2n) is 3.55. The molecule has 0 heterocycles. The van der Waals surface area contributed by atoms with Crippen molar-refractivity contribution in [1.82, 2.24) is 0 Å². The lowest BCUT2D eigenvalue weighted by Crippen LogP contribution is -2.03. The summed E-state index contributed by atoms with van der Waals surface area (Å²) in [6.07, 6.45) is 0. The first kappa shape index (κ1) is 11.5. The summed E-state index contributed by atoms with van der Waals surface area (Å²) < 4.78 is 6.44. The zero-order valence-electron chi connectivity index (χ0n) is 8.80. The number of ether oxygens (including phenoxy) is 1. The third-order valence-corrected chi connectivity index (χ3v) is 2.66. The minimum atomic E-state index is 0.438. The molecule has 0 fully saturated rings. The minimum absolute atomic E-state index is 0.438. The van der Waals surface area contributed by atoms with Crippen LogP contribution in [0.1, 0.15) is 30.9 Å². The second kappa shape index (κ2) is 4.80. The lowest BCUT2D eigenvalue weighted by atomic mass is 9.99. The van der Waals surface area contributed by atoms with E-state index in [4.69, 9.17) is 10.5 Å². The van der Waals surface area contributed by atoms with E-state index in [1.165, 1.54) is 5.56 Å². The van der Waals surface area contributed by atoms with Gasteiger partial charge in [-0.2, -0.15) is 0 Å². The Morgan fingerprint density at radius 2 is 2.07 bits per heavy atom. The van der Waals surface area contributed by atoms with E-state index in [9.17, 15) is 0 Å². The van der Waals surface area contributed by atoms with Crippen molar-refractivity contribution in [1.29, 1.82) is 0 Å². The van der Waals surface area contributed by atoms with Crippen LogP contribution in [0, 0.1) is 0 Å². The van der Waals surface area contributed by atoms with Gasteiger partial charge in [-0.05, 0) is 23.6 Å². The van der Waals surface area contributed by atoms with Crippen LogP contribution >= 0.6 is 15.9 Å². The summed E-state index contributed by atoms with van der Waals surface area (Å²) >= 11 is 3.47. The van der Waals surface area contributed by atoms with Crippen LogP contribution in [0.2, 0.25) is 0 Å². The molecule has 0 aromatic heterocycles. The average molecular weight is 258 g/mol. The van der Waals surface area contributed by atoms with Crippen molar-refractivity contribution in [2.24, 2.45) is 5.73 Å². The Hall–Kier alpha value is -0.540. The molecule has 0 atom stereocenters. The largest absolute Gasteiger partial charge is 0.496 e. The van der Waals surface area contributed by atoms with Crippen LogP contribution in [-0.4, -0.2) is 7.11 Å². The Morgan fingerprint density at radius 1 is 1.43 bits per heavy atom. The Labute approximate surface area is 93.6 Å². The van der Waals surface area contributed by atoms with Gasteiger partial charge < -0.3 is 10.5 Å². The lowest BCUT2D eigenvalue weighted by molar-refractivity contribution is 0.402. The van der Waals surface area contributed by atoms with E-state index >= 15 is 0 Å². The van der Waals surface area contributed by atoms with E-state index in [0.717, 1.165) is 15.8 Å². The van der Waals surface area contributed by atoms with E-state index in [1.54, 1.807) is 7.11 Å². The number of hydrogen-bond donors (Lipinski definition) is 1. The first-order valence-electron chi connectivity index (χ1n) is 4.66. The first-order chi connectivity index (χ1) is 6.60. The van der Waals surface area contributed by atoms with Gasteiger partial charge in [0.2, 0.25) is 0 Å². The number of hydrogen-bond acceptors (Lipinski definition) is 2. The predicted molar refractivity (Wildman–Crippen MR) is 62.7 cm³/mol. The van der Waals surface area contributed by atoms with Crippen LogP contribution in [0.25, 0.3) is 0 Å². The fourth-order valence-electron chi connectivity index (χ4n) is 1.50. The standard InChI is InChI=1S/C11H16BrNO/c1-7(2)10-5-9(12)4-8(6-13)11(10)14-3/h4-5,7H,6,13H2,1-3H3. The summed E-state index contributed by atoms with van der Waals surface area (Å²) in [5.41, 5.74) is 7.91. The number of nitrogens with two attached hydrogens (primary N) is 1. The SMILES string of the molecule is COc1c(CN)cc(Br)cc1C(C)C. The van der Waals surface area contributed by atoms with Crippen LogP contribution in [0.15, 0.2) is 16.6 Å². The van der Waals surface area contributed by atoms with Gasteiger partial charge >= 0.3 is 0 Å². The molecule has 1 aromatic carbocycles. The molecule has 0 saturated carbocycles. The van der Waals surface area contributed by atoms with Crippen molar-refractivity contribution in [2.45, 2.75) is 26.3 Å². The van der Waals surface area contributed by atoms with Crippen LogP contribution < -0.4 is 10.5 Å². The van der Waals surface area contributed by atoms with Crippen molar-refractivity contribution in [3.63, 3.8) is 0 Å². The molecule has 0 aliphatic carbocycles. The Balaban J connectivity index is 3.31. The summed E-state index contributed by atoms with van der Waals surface area (Å²) in [6, 6.07) is 4.09. The molecule has 0 unspecified atom stereocenters. The van der Waals surface area contributed by atoms with E-state index < -0.39 is 0 Å². The zero-order valence-corrected chi connectivity index (χ0v) is 10.4. The number of benzene rings is 1.